The van der Waals surface area contributed by atoms with E-state index in [4.69, 9.17) is 0 Å². The molecule has 150 valence electrons. The van der Waals surface area contributed by atoms with E-state index in [2.05, 4.69) is 54.8 Å². The molecule has 0 bridgehead atoms. The van der Waals surface area contributed by atoms with Gasteiger partial charge in [0, 0.05) is 57.5 Å². The number of nitrogens with one attached hydrogen (secondary N) is 3. The van der Waals surface area contributed by atoms with Crippen LogP contribution in [-0.2, 0) is 17.8 Å². The minimum atomic E-state index is 0.175. The number of benzene rings is 1. The fraction of sp³-hybridized carbons (Fsp3) is 0.476. The van der Waals surface area contributed by atoms with Crippen LogP contribution in [0.5, 0.6) is 0 Å². The first kappa shape index (κ1) is 19.9. The van der Waals surface area contributed by atoms with Gasteiger partial charge in [0.2, 0.25) is 5.91 Å². The number of carbonyl (C=O) groups excluding carboxylic acids is 1. The van der Waals surface area contributed by atoms with Crippen LogP contribution in [0, 0.1) is 5.92 Å². The molecule has 1 amide bonds. The molecule has 1 aromatic carbocycles. The summed E-state index contributed by atoms with van der Waals surface area (Å²) < 4.78 is 2.17. The molecule has 28 heavy (non-hydrogen) atoms. The standard InChI is InChI=1S/C21H30N6O/c1-2-22-21(26-13-12-24-20(28)18-8-9-18)25-11-10-19-23-14-15-27(19)16-17-6-4-3-5-7-17/h3-7,14-15,18H,2,8-13,16H2,1H3,(H,24,28)(H2,22,25,26). The summed E-state index contributed by atoms with van der Waals surface area (Å²) in [5.41, 5.74) is 1.26. The van der Waals surface area contributed by atoms with Gasteiger partial charge < -0.3 is 20.5 Å². The van der Waals surface area contributed by atoms with Crippen molar-refractivity contribution < 1.29 is 4.79 Å². The third-order valence-corrected chi connectivity index (χ3v) is 4.61. The largest absolute Gasteiger partial charge is 0.357 e. The van der Waals surface area contributed by atoms with E-state index in [1.54, 1.807) is 0 Å². The summed E-state index contributed by atoms with van der Waals surface area (Å²) in [5, 5.41) is 9.46. The summed E-state index contributed by atoms with van der Waals surface area (Å²) in [6.07, 6.45) is 6.69. The van der Waals surface area contributed by atoms with E-state index in [1.165, 1.54) is 5.56 Å². The van der Waals surface area contributed by atoms with Gasteiger partial charge >= 0.3 is 0 Å². The molecular weight excluding hydrogens is 352 g/mol. The highest BCUT2D eigenvalue weighted by Crippen LogP contribution is 2.28. The number of aliphatic imine (C=N–C) groups is 1. The lowest BCUT2D eigenvalue weighted by Gasteiger charge is -2.12. The monoisotopic (exact) mass is 382 g/mol. The fourth-order valence-electron chi connectivity index (χ4n) is 2.96. The second kappa shape index (κ2) is 10.5. The molecule has 1 saturated carbocycles. The molecule has 1 aliphatic carbocycles. The second-order valence-electron chi connectivity index (χ2n) is 6.96. The Morgan fingerprint density at radius 1 is 1.18 bits per heavy atom. The van der Waals surface area contributed by atoms with Gasteiger partial charge in [-0.1, -0.05) is 30.3 Å². The van der Waals surface area contributed by atoms with Gasteiger partial charge in [-0.2, -0.15) is 0 Å². The summed E-state index contributed by atoms with van der Waals surface area (Å²) in [7, 11) is 0. The van der Waals surface area contributed by atoms with E-state index in [1.807, 2.05) is 25.4 Å². The third kappa shape index (κ3) is 6.40. The normalized spacial score (nSPS) is 14.0. The Morgan fingerprint density at radius 3 is 2.71 bits per heavy atom. The number of aromatic nitrogens is 2. The molecule has 7 nitrogen and oxygen atoms in total. The SMILES string of the molecule is CCNC(=NCCc1nccn1Cc1ccccc1)NCCNC(=O)C1CC1. The van der Waals surface area contributed by atoms with Crippen molar-refractivity contribution in [2.24, 2.45) is 10.9 Å². The fourth-order valence-corrected chi connectivity index (χ4v) is 2.96. The molecule has 0 spiro atoms. The zero-order valence-electron chi connectivity index (χ0n) is 16.5. The summed E-state index contributed by atoms with van der Waals surface area (Å²) in [6.45, 7) is 5.57. The molecule has 3 rings (SSSR count). The first-order chi connectivity index (χ1) is 13.8. The Labute approximate surface area is 166 Å². The van der Waals surface area contributed by atoms with Crippen molar-refractivity contribution in [1.29, 1.82) is 0 Å². The van der Waals surface area contributed by atoms with Gasteiger partial charge in [0.25, 0.3) is 0 Å². The predicted molar refractivity (Wildman–Crippen MR) is 111 cm³/mol. The Hall–Kier alpha value is -2.83. The maximum atomic E-state index is 11.6. The minimum Gasteiger partial charge on any atom is -0.357 e. The van der Waals surface area contributed by atoms with Gasteiger partial charge in [0.05, 0.1) is 0 Å². The van der Waals surface area contributed by atoms with Crippen LogP contribution in [0.1, 0.15) is 31.2 Å². The lowest BCUT2D eigenvalue weighted by molar-refractivity contribution is -0.122. The molecular formula is C21H30N6O. The van der Waals surface area contributed by atoms with Crippen LogP contribution in [-0.4, -0.2) is 47.6 Å². The average Bonchev–Trinajstić information content (AvgIpc) is 3.47. The summed E-state index contributed by atoms with van der Waals surface area (Å²) in [4.78, 5) is 20.8. The molecule has 1 fully saturated rings. The third-order valence-electron chi connectivity index (χ3n) is 4.61. The number of guanidine groups is 1. The second-order valence-corrected chi connectivity index (χ2v) is 6.96. The van der Waals surface area contributed by atoms with Crippen LogP contribution in [0.4, 0.5) is 0 Å². The summed E-state index contributed by atoms with van der Waals surface area (Å²) >= 11 is 0. The van der Waals surface area contributed by atoms with Gasteiger partial charge in [0.1, 0.15) is 5.82 Å². The lowest BCUT2D eigenvalue weighted by Crippen LogP contribution is -2.41. The highest BCUT2D eigenvalue weighted by Gasteiger charge is 2.28. The Kier molecular flexibility index (Phi) is 7.46. The number of hydrogen-bond donors (Lipinski definition) is 3. The number of amides is 1. The minimum absolute atomic E-state index is 0.175. The Bertz CT molecular complexity index is 766. The van der Waals surface area contributed by atoms with E-state index >= 15 is 0 Å². The summed E-state index contributed by atoms with van der Waals surface area (Å²) in [5.74, 6) is 2.22. The van der Waals surface area contributed by atoms with Crippen molar-refractivity contribution in [1.82, 2.24) is 25.5 Å². The number of carbonyl (C=O) groups is 1. The van der Waals surface area contributed by atoms with Gasteiger partial charge in [-0.05, 0) is 25.3 Å². The van der Waals surface area contributed by atoms with Gasteiger partial charge in [0.15, 0.2) is 5.96 Å². The van der Waals surface area contributed by atoms with Crippen molar-refractivity contribution in [2.75, 3.05) is 26.2 Å². The van der Waals surface area contributed by atoms with Crippen LogP contribution < -0.4 is 16.0 Å². The molecule has 1 aromatic heterocycles. The topological polar surface area (TPSA) is 83.3 Å². The summed E-state index contributed by atoms with van der Waals surface area (Å²) in [6, 6.07) is 10.4. The van der Waals surface area contributed by atoms with Crippen molar-refractivity contribution in [2.45, 2.75) is 32.7 Å². The maximum Gasteiger partial charge on any atom is 0.223 e. The first-order valence-corrected chi connectivity index (χ1v) is 10.1. The highest BCUT2D eigenvalue weighted by molar-refractivity contribution is 5.81. The Balaban J connectivity index is 1.44. The molecule has 0 radical (unpaired) electrons. The van der Waals surface area contributed by atoms with E-state index in [0.717, 1.165) is 44.1 Å². The van der Waals surface area contributed by atoms with Crippen LogP contribution in [0.3, 0.4) is 0 Å². The van der Waals surface area contributed by atoms with E-state index in [9.17, 15) is 4.79 Å². The van der Waals surface area contributed by atoms with Gasteiger partial charge in [-0.25, -0.2) is 4.98 Å². The molecule has 0 unspecified atom stereocenters. The molecule has 0 atom stereocenters. The molecule has 7 heteroatoms. The number of rotatable bonds is 10. The number of hydrogen-bond acceptors (Lipinski definition) is 3. The first-order valence-electron chi connectivity index (χ1n) is 10.1. The van der Waals surface area contributed by atoms with Crippen LogP contribution in [0.2, 0.25) is 0 Å². The molecule has 3 N–H and O–H groups in total. The number of imidazole rings is 1. The number of nitrogens with zero attached hydrogens (tertiary/aromatic N) is 3. The van der Waals surface area contributed by atoms with E-state index in [-0.39, 0.29) is 11.8 Å². The molecule has 1 aliphatic rings. The highest BCUT2D eigenvalue weighted by atomic mass is 16.2. The average molecular weight is 383 g/mol. The smallest absolute Gasteiger partial charge is 0.223 e. The predicted octanol–water partition coefficient (Wildman–Crippen LogP) is 1.56. The maximum absolute atomic E-state index is 11.6. The van der Waals surface area contributed by atoms with Crippen LogP contribution >= 0.6 is 0 Å². The van der Waals surface area contributed by atoms with Crippen LogP contribution in [0.15, 0.2) is 47.7 Å². The molecule has 1 heterocycles. The van der Waals surface area contributed by atoms with Gasteiger partial charge in [-0.15, -0.1) is 0 Å². The quantitative estimate of drug-likeness (QED) is 0.331. The van der Waals surface area contributed by atoms with Crippen molar-refractivity contribution >= 4 is 11.9 Å². The Morgan fingerprint density at radius 2 is 1.96 bits per heavy atom. The van der Waals surface area contributed by atoms with E-state index in [0.29, 0.717) is 19.6 Å². The van der Waals surface area contributed by atoms with Crippen molar-refractivity contribution in [3.05, 3.63) is 54.1 Å². The molecule has 2 aromatic rings. The lowest BCUT2D eigenvalue weighted by atomic mass is 10.2. The van der Waals surface area contributed by atoms with Gasteiger partial charge in [-0.3, -0.25) is 9.79 Å². The van der Waals surface area contributed by atoms with Crippen molar-refractivity contribution in [3.8, 4) is 0 Å². The van der Waals surface area contributed by atoms with Crippen LogP contribution in [0.25, 0.3) is 0 Å². The van der Waals surface area contributed by atoms with E-state index < -0.39 is 0 Å². The molecule has 0 aliphatic heterocycles. The zero-order chi connectivity index (χ0) is 19.6. The molecule has 0 saturated heterocycles. The van der Waals surface area contributed by atoms with Crippen molar-refractivity contribution in [3.63, 3.8) is 0 Å². The zero-order valence-corrected chi connectivity index (χ0v) is 16.5.